The van der Waals surface area contributed by atoms with E-state index in [9.17, 15) is 20.4 Å². The second-order valence-electron chi connectivity index (χ2n) is 17.3. The Kier molecular flexibility index (Phi) is 211. The summed E-state index contributed by atoms with van der Waals surface area (Å²) in [6.07, 6.45) is 26.2. The molecule has 0 atom stereocenters. The molecule has 0 aromatic heterocycles. The molecule has 0 heterocycles. The van der Waals surface area contributed by atoms with Gasteiger partial charge in [-0.25, -0.2) is 0 Å². The molecule has 3 radical (unpaired) electrons. The Morgan fingerprint density at radius 3 is 0.341 bits per heavy atom. The summed E-state index contributed by atoms with van der Waals surface area (Å²) in [6.45, 7) is 55.7. The third-order valence-corrected chi connectivity index (χ3v) is 35.6. The average molecular weight is 2120 g/mol. The normalized spacial score (nSPS) is 8.66. The Labute approximate surface area is 759 Å². The summed E-state index contributed by atoms with van der Waals surface area (Å²) < 4.78 is 1.28. The molecule has 0 bridgehead atoms. The van der Waals surface area contributed by atoms with Crippen molar-refractivity contribution >= 4 is 248 Å². The first kappa shape index (κ1) is 166. The average Bonchev–Trinajstić information content (AvgIpc) is 3.45. The van der Waals surface area contributed by atoms with Gasteiger partial charge in [0.05, 0.1) is 177 Å². The summed E-state index contributed by atoms with van der Waals surface area (Å²) in [4.78, 5) is 0. The molecule has 5 nitrogen and oxygen atoms in total. The largest absolute Gasteiger partial charge is 3.00 e. The molecule has 2 aromatic carbocycles. The Morgan fingerprint density at radius 1 is 0.231 bits per heavy atom. The van der Waals surface area contributed by atoms with Gasteiger partial charge in [0, 0.05) is 0 Å². The van der Waals surface area contributed by atoms with Crippen LogP contribution in [0.1, 0.15) is 152 Å². The van der Waals surface area contributed by atoms with Crippen LogP contribution in [0.3, 0.4) is 0 Å². The quantitative estimate of drug-likeness (QED) is 0.0386. The third kappa shape index (κ3) is 85.3. The predicted molar refractivity (Wildman–Crippen MR) is 432 cm³/mol. The van der Waals surface area contributed by atoms with Crippen molar-refractivity contribution in [2.24, 2.45) is 0 Å². The molecule has 0 aliphatic rings. The first-order valence-electron chi connectivity index (χ1n) is 28.5. The van der Waals surface area contributed by atoms with Gasteiger partial charge in [-0.1, -0.05) is 116 Å². The minimum Gasteiger partial charge on any atom is -2.00 e. The summed E-state index contributed by atoms with van der Waals surface area (Å²) in [5, 5.41) is 41.2. The van der Waals surface area contributed by atoms with Crippen LogP contribution in [0.25, 0.3) is 0 Å². The van der Waals surface area contributed by atoms with Crippen LogP contribution in [0, 0.1) is 0 Å². The molecule has 0 saturated carbocycles. The summed E-state index contributed by atoms with van der Waals surface area (Å²) in [6, 6.07) is 0. The van der Waals surface area contributed by atoms with Crippen molar-refractivity contribution in [3.63, 3.8) is 0 Å². The molecule has 557 valence electrons. The molecular weight excluding hydrogens is 2000 g/mol. The third-order valence-electron chi connectivity index (χ3n) is 14.0. The number of rotatable bonds is 22. The van der Waals surface area contributed by atoms with Gasteiger partial charge >= 0.3 is 145 Å². The molecule has 0 amide bonds. The fourth-order valence-corrected chi connectivity index (χ4v) is 17.7. The minimum absolute atomic E-state index is 0. The Balaban J connectivity index is -0.0000000269. The Morgan fingerprint density at radius 2 is 0.308 bits per heavy atom. The van der Waals surface area contributed by atoms with Crippen LogP contribution < -0.4 is 20.4 Å². The molecule has 2 aromatic rings. The van der Waals surface area contributed by atoms with Crippen LogP contribution in [0.4, 0.5) is 0 Å². The molecule has 0 spiro atoms. The zero-order valence-electron chi connectivity index (χ0n) is 57.9. The fraction of sp³-hybridized carbons (Fsp3) is 0.786. The maximum absolute atomic E-state index is 10.9. The minimum atomic E-state index is -0.934. The molecule has 2 rings (SSSR count). The van der Waals surface area contributed by atoms with E-state index in [-0.39, 0.29) is 320 Å². The molecule has 91 heavy (non-hydrogen) atoms. The van der Waals surface area contributed by atoms with Crippen molar-refractivity contribution < 1.29 is 169 Å². The molecular formula is C56H116Cl8Fe6Mo2NO4P6S8+6. The molecule has 0 aliphatic heterocycles. The SMILES string of the molecule is CC[N+](CC)(CC)CC.CC[PH+](CC)CC.CC[PH+](CC)CC.CC[PH+](CC)CC.CC[PH+](CC)CC.CC[PH+](CC)CC.CC[PH+](CC)CC.[Fe+2].[Fe+2].[Fe+2].[Fe+2].[Fe+3].[Fe+3].[Mo+2].[Mo+3].[O-]c1c([O-])c(Cl)c(Cl)c(Cl)c1Cl.[O-]c1c([O-])c(Cl)c(Cl)c(Cl)c1Cl.[S-2].[S-2].[S-2].[S-2].[S-2].[S-2].[S-2].[S-2]. The number of hydrogen-bond donors (Lipinski definition) is 0. The summed E-state index contributed by atoms with van der Waals surface area (Å²) >= 11 is 43.4. The molecule has 0 fully saturated rings. The van der Waals surface area contributed by atoms with Crippen molar-refractivity contribution in [2.75, 3.05) is 137 Å². The second kappa shape index (κ2) is 116. The van der Waals surface area contributed by atoms with E-state index in [1.807, 2.05) is 0 Å². The van der Waals surface area contributed by atoms with Crippen molar-refractivity contribution in [2.45, 2.75) is 152 Å². The summed E-state index contributed by atoms with van der Waals surface area (Å²) in [7, 11) is 0.824. The number of nitrogens with zero attached hydrogens (tertiary/aromatic N) is 1. The van der Waals surface area contributed by atoms with Gasteiger partial charge < -0.3 is 133 Å². The number of benzene rings is 2. The van der Waals surface area contributed by atoms with Gasteiger partial charge in [-0.3, -0.25) is 0 Å². The van der Waals surface area contributed by atoms with Crippen LogP contribution in [0.5, 0.6) is 23.0 Å². The van der Waals surface area contributed by atoms with E-state index in [4.69, 9.17) is 92.8 Å². The molecule has 0 aliphatic carbocycles. The van der Waals surface area contributed by atoms with Crippen LogP contribution in [-0.4, -0.2) is 142 Å². The van der Waals surface area contributed by atoms with Gasteiger partial charge in [0.1, 0.15) is 0 Å². The van der Waals surface area contributed by atoms with Gasteiger partial charge in [-0.2, -0.15) is 0 Å². The van der Waals surface area contributed by atoms with E-state index in [1.165, 1.54) is 142 Å². The van der Waals surface area contributed by atoms with Gasteiger partial charge in [0.2, 0.25) is 0 Å². The van der Waals surface area contributed by atoms with Crippen molar-refractivity contribution in [3.05, 3.63) is 40.2 Å². The van der Waals surface area contributed by atoms with Gasteiger partial charge in [-0.05, 0) is 200 Å². The van der Waals surface area contributed by atoms with Crippen molar-refractivity contribution in [1.29, 1.82) is 0 Å². The van der Waals surface area contributed by atoms with Crippen molar-refractivity contribution in [1.82, 2.24) is 0 Å². The second-order valence-corrected chi connectivity index (χ2v) is 42.1. The summed E-state index contributed by atoms with van der Waals surface area (Å²) in [5.74, 6) is -3.74. The number of quaternary nitrogens is 1. The first-order chi connectivity index (χ1) is 35.2. The van der Waals surface area contributed by atoms with E-state index in [0.29, 0.717) is 0 Å². The Bertz CT molecular complexity index is 1230. The van der Waals surface area contributed by atoms with Gasteiger partial charge in [0.25, 0.3) is 0 Å². The smallest absolute Gasteiger partial charge is 2.00 e. The zero-order chi connectivity index (χ0) is 60.4. The zero-order valence-corrected chi connectivity index (χ0v) is 87.1. The van der Waals surface area contributed by atoms with Crippen molar-refractivity contribution in [3.8, 4) is 23.0 Å². The fourth-order valence-electron chi connectivity index (χ4n) is 7.02. The van der Waals surface area contributed by atoms with Crippen LogP contribution in [0.2, 0.25) is 40.2 Å². The monoisotopic (exact) mass is 2120 g/mol. The van der Waals surface area contributed by atoms with E-state index in [1.54, 1.807) is 0 Å². The van der Waals surface area contributed by atoms with Crippen LogP contribution in [0.15, 0.2) is 0 Å². The van der Waals surface area contributed by atoms with E-state index in [2.05, 4.69) is 152 Å². The van der Waals surface area contributed by atoms with Crippen LogP contribution in [-0.2, 0) is 253 Å². The summed E-state index contributed by atoms with van der Waals surface area (Å²) in [5.41, 5.74) is 0. The van der Waals surface area contributed by atoms with E-state index >= 15 is 0 Å². The number of halogens is 8. The molecule has 0 saturated heterocycles. The molecule has 0 N–H and O–H groups in total. The van der Waals surface area contributed by atoms with E-state index in [0.717, 1.165) is 0 Å². The maximum Gasteiger partial charge on any atom is 3.00 e. The van der Waals surface area contributed by atoms with E-state index < -0.39 is 43.1 Å². The predicted octanol–water partition coefficient (Wildman–Crippen LogP) is 20.3. The number of hydrogen-bond acceptors (Lipinski definition) is 4. The Hall–Kier alpha value is 9.79. The first-order valence-corrected chi connectivity index (χ1v) is 44.3. The molecule has 0 unspecified atom stereocenters. The molecule has 35 heteroatoms. The van der Waals surface area contributed by atoms with Gasteiger partial charge in [0.15, 0.2) is 0 Å². The van der Waals surface area contributed by atoms with Crippen LogP contribution >= 0.6 is 140 Å². The van der Waals surface area contributed by atoms with Gasteiger partial charge in [-0.15, -0.1) is 0 Å². The standard InChI is InChI=1S/C8H20N.2C6H2Cl4O2.6C6H15P.6Fe.2Mo.8S/c1-5-9(6-2,7-3)8-4;2*7-1-2(8)4(10)6(12)5(11)3(1)9;6*1-4-7(5-2)6-3;;;;;;;;;;;;;;;;/h5-8H2,1-4H3;2*11-12H;6*4-6H2,1-3H3;;;;;;;;;;;;;;;;/q+1;;;;;;;;;4*+2;2*+3;+2;+3;8*-2/p+2. The topological polar surface area (TPSA) is 92.2 Å². The maximum atomic E-state index is 10.9.